The molecule has 0 saturated heterocycles. The van der Waals surface area contributed by atoms with Gasteiger partial charge in [-0.25, -0.2) is 4.79 Å². The van der Waals surface area contributed by atoms with Crippen LogP contribution < -0.4 is 5.32 Å². The first kappa shape index (κ1) is 23.6. The molecule has 1 aliphatic carbocycles. The highest BCUT2D eigenvalue weighted by atomic mass is 35.5. The third-order valence-electron chi connectivity index (χ3n) is 6.14. The van der Waals surface area contributed by atoms with Crippen LogP contribution in [0.1, 0.15) is 56.6 Å². The molecule has 0 fully saturated rings. The summed E-state index contributed by atoms with van der Waals surface area (Å²) in [5, 5.41) is 4.65. The first-order chi connectivity index (χ1) is 15.7. The Morgan fingerprint density at radius 3 is 2.15 bits per heavy atom. The summed E-state index contributed by atoms with van der Waals surface area (Å²) in [5.74, 6) is -0.587. The fourth-order valence-corrected chi connectivity index (χ4v) is 4.84. The molecule has 1 aliphatic heterocycles. The second-order valence-electron chi connectivity index (χ2n) is 9.11. The van der Waals surface area contributed by atoms with Crippen LogP contribution >= 0.6 is 23.2 Å². The van der Waals surface area contributed by atoms with Gasteiger partial charge < -0.3 is 10.1 Å². The molecule has 6 heteroatoms. The van der Waals surface area contributed by atoms with E-state index in [-0.39, 0.29) is 17.6 Å². The zero-order valence-electron chi connectivity index (χ0n) is 19.0. The van der Waals surface area contributed by atoms with Crippen molar-refractivity contribution >= 4 is 35.0 Å². The molecule has 2 aromatic carbocycles. The van der Waals surface area contributed by atoms with Crippen LogP contribution in [0.15, 0.2) is 71.1 Å². The molecule has 2 aromatic rings. The zero-order valence-corrected chi connectivity index (χ0v) is 20.5. The molecule has 0 saturated carbocycles. The maximum atomic E-state index is 13.5. The van der Waals surface area contributed by atoms with Gasteiger partial charge in [-0.05, 0) is 60.6 Å². The van der Waals surface area contributed by atoms with Crippen molar-refractivity contribution in [2.75, 3.05) is 6.61 Å². The minimum atomic E-state index is -0.489. The zero-order chi connectivity index (χ0) is 23.7. The third kappa shape index (κ3) is 5.02. The Morgan fingerprint density at radius 2 is 1.58 bits per heavy atom. The Morgan fingerprint density at radius 1 is 1.00 bits per heavy atom. The maximum absolute atomic E-state index is 13.5. The van der Waals surface area contributed by atoms with E-state index in [1.165, 1.54) is 0 Å². The first-order valence-electron chi connectivity index (χ1n) is 11.2. The molecular weight excluding hydrogens is 457 g/mol. The van der Waals surface area contributed by atoms with Crippen molar-refractivity contribution in [2.24, 2.45) is 5.92 Å². The minimum Gasteiger partial charge on any atom is -0.462 e. The van der Waals surface area contributed by atoms with Crippen molar-refractivity contribution in [2.45, 2.75) is 45.4 Å². The van der Waals surface area contributed by atoms with Crippen molar-refractivity contribution < 1.29 is 14.3 Å². The number of dihydropyridines is 1. The fraction of sp³-hybridized carbons (Fsp3) is 0.333. The van der Waals surface area contributed by atoms with Crippen LogP contribution in [-0.2, 0) is 14.3 Å². The number of rotatable bonds is 5. The van der Waals surface area contributed by atoms with Gasteiger partial charge in [0.15, 0.2) is 5.78 Å². The predicted molar refractivity (Wildman–Crippen MR) is 131 cm³/mol. The van der Waals surface area contributed by atoms with Gasteiger partial charge in [0.05, 0.1) is 12.2 Å². The molecule has 2 atom stereocenters. The number of halogens is 2. The summed E-state index contributed by atoms with van der Waals surface area (Å²) in [6.07, 6.45) is 1.05. The molecule has 0 spiro atoms. The second-order valence-corrected chi connectivity index (χ2v) is 9.99. The number of hydrogen-bond donors (Lipinski definition) is 1. The van der Waals surface area contributed by atoms with E-state index in [1.54, 1.807) is 12.1 Å². The summed E-state index contributed by atoms with van der Waals surface area (Å²) in [5.41, 5.74) is 4.63. The topological polar surface area (TPSA) is 55.4 Å². The Hall–Kier alpha value is -2.56. The number of ketones is 1. The molecule has 33 heavy (non-hydrogen) atoms. The molecule has 0 aromatic heterocycles. The van der Waals surface area contributed by atoms with Crippen LogP contribution in [0, 0.1) is 5.92 Å². The van der Waals surface area contributed by atoms with E-state index in [9.17, 15) is 9.59 Å². The normalized spacial score (nSPS) is 20.6. The quantitative estimate of drug-likeness (QED) is 0.489. The highest BCUT2D eigenvalue weighted by Crippen LogP contribution is 2.46. The lowest BCUT2D eigenvalue weighted by molar-refractivity contribution is -0.140. The summed E-state index contributed by atoms with van der Waals surface area (Å²) >= 11 is 12.2. The number of carbonyl (C=O) groups is 2. The molecule has 4 nitrogen and oxygen atoms in total. The van der Waals surface area contributed by atoms with Crippen molar-refractivity contribution in [3.8, 4) is 0 Å². The Labute approximate surface area is 204 Å². The van der Waals surface area contributed by atoms with E-state index in [4.69, 9.17) is 27.9 Å². The largest absolute Gasteiger partial charge is 0.462 e. The van der Waals surface area contributed by atoms with Gasteiger partial charge in [-0.15, -0.1) is 0 Å². The molecule has 0 bridgehead atoms. The molecular formula is C27H27Cl2NO3. The Kier molecular flexibility index (Phi) is 6.96. The molecule has 0 amide bonds. The average molecular weight is 484 g/mol. The summed E-state index contributed by atoms with van der Waals surface area (Å²) in [4.78, 5) is 26.7. The van der Waals surface area contributed by atoms with Gasteiger partial charge in [0, 0.05) is 39.4 Å². The number of benzene rings is 2. The molecule has 172 valence electrons. The average Bonchev–Trinajstić information content (AvgIpc) is 2.77. The van der Waals surface area contributed by atoms with Crippen LogP contribution in [0.2, 0.25) is 10.0 Å². The molecule has 1 heterocycles. The van der Waals surface area contributed by atoms with Gasteiger partial charge in [-0.2, -0.15) is 0 Å². The predicted octanol–water partition coefficient (Wildman–Crippen LogP) is 6.55. The Bertz CT molecular complexity index is 1130. The number of allylic oxidation sites excluding steroid dienone is 3. The molecule has 0 radical (unpaired) electrons. The maximum Gasteiger partial charge on any atom is 0.336 e. The third-order valence-corrected chi connectivity index (χ3v) is 6.64. The monoisotopic (exact) mass is 483 g/mol. The van der Waals surface area contributed by atoms with Gasteiger partial charge in [-0.1, -0.05) is 61.3 Å². The van der Waals surface area contributed by atoms with Crippen LogP contribution in [0.4, 0.5) is 0 Å². The lowest BCUT2D eigenvalue weighted by atomic mass is 9.72. The lowest BCUT2D eigenvalue weighted by Gasteiger charge is -2.36. The summed E-state index contributed by atoms with van der Waals surface area (Å²) in [6, 6.07) is 15.0. The van der Waals surface area contributed by atoms with Gasteiger partial charge >= 0.3 is 5.97 Å². The van der Waals surface area contributed by atoms with Crippen LogP contribution in [0.3, 0.4) is 0 Å². The Balaban J connectivity index is 1.75. The SMILES string of the molecule is CC1=C(C(=O)OCC(C)C)[C@@H](c2ccc(Cl)cc2)C2=C(C[C@@H](c3ccc(Cl)cc3)CC2=O)N1. The first-order valence-corrected chi connectivity index (χ1v) is 11.9. The number of Topliss-reactive ketones (excluding diaryl/α,β-unsaturated/α-hetero) is 1. The van der Waals surface area contributed by atoms with E-state index >= 15 is 0 Å². The number of esters is 1. The van der Waals surface area contributed by atoms with Crippen molar-refractivity contribution in [1.82, 2.24) is 5.32 Å². The highest BCUT2D eigenvalue weighted by Gasteiger charge is 2.41. The fourth-order valence-electron chi connectivity index (χ4n) is 4.59. The van der Waals surface area contributed by atoms with Crippen molar-refractivity contribution in [1.29, 1.82) is 0 Å². The highest BCUT2D eigenvalue weighted by molar-refractivity contribution is 6.30. The van der Waals surface area contributed by atoms with Crippen molar-refractivity contribution in [3.05, 3.63) is 92.2 Å². The van der Waals surface area contributed by atoms with Crippen molar-refractivity contribution in [3.63, 3.8) is 0 Å². The summed E-state index contributed by atoms with van der Waals surface area (Å²) in [6.45, 7) is 6.18. The molecule has 0 unspecified atom stereocenters. The summed E-state index contributed by atoms with van der Waals surface area (Å²) in [7, 11) is 0. The van der Waals surface area contributed by atoms with E-state index in [1.807, 2.05) is 57.2 Å². The minimum absolute atomic E-state index is 0.0327. The second kappa shape index (κ2) is 9.74. The number of hydrogen-bond acceptors (Lipinski definition) is 4. The van der Waals surface area contributed by atoms with Gasteiger partial charge in [0.25, 0.3) is 0 Å². The van der Waals surface area contributed by atoms with Crippen LogP contribution in [0.5, 0.6) is 0 Å². The van der Waals surface area contributed by atoms with E-state index < -0.39 is 11.9 Å². The van der Waals surface area contributed by atoms with E-state index in [2.05, 4.69) is 5.32 Å². The number of ether oxygens (including phenoxy) is 1. The standard InChI is InChI=1S/C27H27Cl2NO3/c1-15(2)14-33-27(32)24-16(3)30-22-12-19(17-4-8-20(28)9-5-17)13-23(31)26(22)25(24)18-6-10-21(29)11-7-18/h4-11,15,19,25,30H,12-14H2,1-3H3/t19-,25-/m1/s1. The van der Waals surface area contributed by atoms with E-state index in [0.29, 0.717) is 46.3 Å². The smallest absolute Gasteiger partial charge is 0.336 e. The molecule has 4 rings (SSSR count). The van der Waals surface area contributed by atoms with Gasteiger partial charge in [0.2, 0.25) is 0 Å². The van der Waals surface area contributed by atoms with E-state index in [0.717, 1.165) is 16.8 Å². The van der Waals surface area contributed by atoms with Crippen LogP contribution in [-0.4, -0.2) is 18.4 Å². The summed E-state index contributed by atoms with van der Waals surface area (Å²) < 4.78 is 5.60. The molecule has 2 aliphatic rings. The van der Waals surface area contributed by atoms with Gasteiger partial charge in [0.1, 0.15) is 0 Å². The van der Waals surface area contributed by atoms with Crippen LogP contribution in [0.25, 0.3) is 0 Å². The molecule has 1 N–H and O–H groups in total. The number of carbonyl (C=O) groups excluding carboxylic acids is 2. The van der Waals surface area contributed by atoms with Gasteiger partial charge in [-0.3, -0.25) is 4.79 Å². The number of nitrogens with one attached hydrogen (secondary N) is 1. The lowest BCUT2D eigenvalue weighted by Crippen LogP contribution is -2.36.